The summed E-state index contributed by atoms with van der Waals surface area (Å²) in [4.78, 5) is 12.1. The monoisotopic (exact) mass is 371 g/mol. The van der Waals surface area contributed by atoms with Gasteiger partial charge in [-0.15, -0.1) is 11.3 Å². The van der Waals surface area contributed by atoms with Gasteiger partial charge in [0.05, 0.1) is 16.8 Å². The number of benzene rings is 1. The number of thiazole rings is 1. The fourth-order valence-electron chi connectivity index (χ4n) is 2.96. The molecule has 1 aromatic heterocycles. The number of aliphatic hydroxyl groups is 1. The lowest BCUT2D eigenvalue weighted by Gasteiger charge is -2.29. The highest BCUT2D eigenvalue weighted by atomic mass is 32.2. The van der Waals surface area contributed by atoms with E-state index in [2.05, 4.69) is 21.5 Å². The van der Waals surface area contributed by atoms with E-state index in [-0.39, 0.29) is 11.8 Å². The normalized spacial score (nSPS) is 20.0. The molecule has 0 aliphatic carbocycles. The summed E-state index contributed by atoms with van der Waals surface area (Å²) < 4.78 is 0. The third kappa shape index (κ3) is 3.50. The van der Waals surface area contributed by atoms with Gasteiger partial charge in [-0.05, 0) is 19.4 Å². The Balaban J connectivity index is 2.03. The number of thioether (sulfide) groups is 1. The molecule has 0 saturated carbocycles. The fourth-order valence-corrected chi connectivity index (χ4v) is 5.08. The Bertz CT molecular complexity index is 835. The van der Waals surface area contributed by atoms with Gasteiger partial charge in [0.15, 0.2) is 5.17 Å². The highest BCUT2D eigenvalue weighted by Crippen LogP contribution is 2.43. The van der Waals surface area contributed by atoms with Crippen LogP contribution in [0.1, 0.15) is 28.4 Å². The van der Waals surface area contributed by atoms with Crippen molar-refractivity contribution in [2.75, 3.05) is 12.8 Å². The van der Waals surface area contributed by atoms with Gasteiger partial charge in [0.1, 0.15) is 0 Å². The zero-order valence-corrected chi connectivity index (χ0v) is 16.2. The molecule has 2 aromatic rings. The average Bonchev–Trinajstić information content (AvgIpc) is 3.21. The lowest BCUT2D eigenvalue weighted by atomic mass is 10.0. The number of nitrogens with zero attached hydrogens (tertiary/aromatic N) is 3. The maximum absolute atomic E-state index is 10.4. The molecule has 4 nitrogen and oxygen atoms in total. The molecule has 1 aliphatic heterocycles. The number of hydrogen-bond donors (Lipinski definition) is 1. The predicted molar refractivity (Wildman–Crippen MR) is 108 cm³/mol. The molecule has 1 saturated heterocycles. The van der Waals surface area contributed by atoms with Gasteiger partial charge in [-0.2, -0.15) is 0 Å². The van der Waals surface area contributed by atoms with Crippen LogP contribution < -0.4 is 0 Å². The quantitative estimate of drug-likeness (QED) is 0.605. The predicted octanol–water partition coefficient (Wildman–Crippen LogP) is 5.03. The SMILES string of the molecule is C=C(/C(=C(\C)O)c1ccccc1)N1/C(=N/C)SCC1c1cnc(C)s1. The van der Waals surface area contributed by atoms with Crippen LogP contribution in [0.3, 0.4) is 0 Å². The Kier molecular flexibility index (Phi) is 5.30. The summed E-state index contributed by atoms with van der Waals surface area (Å²) in [6, 6.07) is 9.98. The second kappa shape index (κ2) is 7.45. The van der Waals surface area contributed by atoms with Crippen LogP contribution in [-0.4, -0.2) is 33.0 Å². The van der Waals surface area contributed by atoms with Gasteiger partial charge in [-0.1, -0.05) is 48.7 Å². The van der Waals surface area contributed by atoms with Crippen LogP contribution in [0.15, 0.2) is 59.6 Å². The van der Waals surface area contributed by atoms with Gasteiger partial charge in [0.2, 0.25) is 0 Å². The Morgan fingerprint density at radius 2 is 2.08 bits per heavy atom. The second-order valence-electron chi connectivity index (χ2n) is 5.76. The summed E-state index contributed by atoms with van der Waals surface area (Å²) in [5, 5.41) is 12.3. The smallest absolute Gasteiger partial charge is 0.164 e. The number of aryl methyl sites for hydroxylation is 1. The summed E-state index contributed by atoms with van der Waals surface area (Å²) in [7, 11) is 1.79. The van der Waals surface area contributed by atoms with E-state index in [0.717, 1.165) is 32.8 Å². The molecule has 0 radical (unpaired) electrons. The molecule has 0 bridgehead atoms. The molecule has 6 heteroatoms. The van der Waals surface area contributed by atoms with Gasteiger partial charge in [0.25, 0.3) is 0 Å². The van der Waals surface area contributed by atoms with E-state index < -0.39 is 0 Å². The maximum atomic E-state index is 10.4. The average molecular weight is 372 g/mol. The van der Waals surface area contributed by atoms with Crippen molar-refractivity contribution in [2.45, 2.75) is 19.9 Å². The zero-order valence-electron chi connectivity index (χ0n) is 14.6. The minimum absolute atomic E-state index is 0.125. The topological polar surface area (TPSA) is 48.7 Å². The molecule has 2 heterocycles. The number of aromatic nitrogens is 1. The summed E-state index contributed by atoms with van der Waals surface area (Å²) in [6.07, 6.45) is 1.93. The second-order valence-corrected chi connectivity index (χ2v) is 8.01. The molecule has 25 heavy (non-hydrogen) atoms. The van der Waals surface area contributed by atoms with Gasteiger partial charge < -0.3 is 10.0 Å². The summed E-state index contributed by atoms with van der Waals surface area (Å²) in [6.45, 7) is 8.02. The Labute approximate surface area is 156 Å². The first-order chi connectivity index (χ1) is 12.0. The van der Waals surface area contributed by atoms with Crippen LogP contribution >= 0.6 is 23.1 Å². The first-order valence-electron chi connectivity index (χ1n) is 7.98. The van der Waals surface area contributed by atoms with E-state index in [0.29, 0.717) is 0 Å². The number of amidine groups is 1. The molecular formula is C19H21N3OS2. The standard InChI is InChI=1S/C19H21N3OS2/c1-12(18(13(2)23)15-8-6-5-7-9-15)22-16(11-24-19(22)20-4)17-10-21-14(3)25-17/h5-10,16,23H,1,11H2,2-4H3/b18-13-,20-19-. The molecule has 1 aromatic carbocycles. The summed E-state index contributed by atoms with van der Waals surface area (Å²) in [5.41, 5.74) is 2.45. The molecule has 0 spiro atoms. The van der Waals surface area contributed by atoms with Gasteiger partial charge in [0, 0.05) is 35.1 Å². The molecule has 1 N–H and O–H groups in total. The van der Waals surface area contributed by atoms with Crippen LogP contribution in [0, 0.1) is 6.92 Å². The van der Waals surface area contributed by atoms with E-state index in [1.807, 2.05) is 43.5 Å². The van der Waals surface area contributed by atoms with Crippen LogP contribution in [-0.2, 0) is 0 Å². The molecular weight excluding hydrogens is 350 g/mol. The number of hydrogen-bond acceptors (Lipinski definition) is 5. The van der Waals surface area contributed by atoms with Crippen molar-refractivity contribution in [3.63, 3.8) is 0 Å². The number of aliphatic hydroxyl groups excluding tert-OH is 1. The number of aliphatic imine (C=N–C) groups is 1. The summed E-state index contributed by atoms with van der Waals surface area (Å²) in [5.74, 6) is 1.14. The number of rotatable bonds is 4. The van der Waals surface area contributed by atoms with Crippen molar-refractivity contribution in [3.05, 3.63) is 70.0 Å². The van der Waals surface area contributed by atoms with Crippen molar-refractivity contribution >= 4 is 33.8 Å². The molecule has 0 amide bonds. The summed E-state index contributed by atoms with van der Waals surface area (Å²) >= 11 is 3.40. The maximum Gasteiger partial charge on any atom is 0.164 e. The third-order valence-electron chi connectivity index (χ3n) is 4.05. The van der Waals surface area contributed by atoms with E-state index in [9.17, 15) is 5.11 Å². The Morgan fingerprint density at radius 1 is 1.36 bits per heavy atom. The van der Waals surface area contributed by atoms with Crippen molar-refractivity contribution in [1.82, 2.24) is 9.88 Å². The van der Waals surface area contributed by atoms with Gasteiger partial charge in [-0.3, -0.25) is 4.99 Å². The third-order valence-corrected chi connectivity index (χ3v) is 6.18. The minimum Gasteiger partial charge on any atom is -0.512 e. The molecule has 3 rings (SSSR count). The molecule has 1 unspecified atom stereocenters. The Hall–Kier alpha value is -2.05. The van der Waals surface area contributed by atoms with E-state index in [1.54, 1.807) is 37.1 Å². The Morgan fingerprint density at radius 3 is 2.64 bits per heavy atom. The molecule has 1 atom stereocenters. The van der Waals surface area contributed by atoms with Gasteiger partial charge in [-0.25, -0.2) is 4.98 Å². The fraction of sp³-hybridized carbons (Fsp3) is 0.263. The zero-order chi connectivity index (χ0) is 18.0. The first kappa shape index (κ1) is 17.8. The van der Waals surface area contributed by atoms with Crippen molar-refractivity contribution in [3.8, 4) is 0 Å². The molecule has 1 fully saturated rings. The largest absolute Gasteiger partial charge is 0.512 e. The lowest BCUT2D eigenvalue weighted by Crippen LogP contribution is -2.27. The van der Waals surface area contributed by atoms with Crippen molar-refractivity contribution < 1.29 is 5.11 Å². The number of allylic oxidation sites excluding steroid dienone is 2. The molecule has 1 aliphatic rings. The van der Waals surface area contributed by atoms with Crippen molar-refractivity contribution in [1.29, 1.82) is 0 Å². The van der Waals surface area contributed by atoms with Crippen LogP contribution in [0.5, 0.6) is 0 Å². The van der Waals surface area contributed by atoms with E-state index in [4.69, 9.17) is 0 Å². The van der Waals surface area contributed by atoms with Crippen LogP contribution in [0.4, 0.5) is 0 Å². The minimum atomic E-state index is 0.125. The lowest BCUT2D eigenvalue weighted by molar-refractivity contribution is 0.409. The molecule has 130 valence electrons. The highest BCUT2D eigenvalue weighted by molar-refractivity contribution is 8.14. The van der Waals surface area contributed by atoms with E-state index in [1.165, 1.54) is 4.88 Å². The van der Waals surface area contributed by atoms with E-state index >= 15 is 0 Å². The van der Waals surface area contributed by atoms with Crippen molar-refractivity contribution in [2.24, 2.45) is 4.99 Å². The first-order valence-corrected chi connectivity index (χ1v) is 9.78. The van der Waals surface area contributed by atoms with Crippen LogP contribution in [0.25, 0.3) is 5.57 Å². The van der Waals surface area contributed by atoms with Gasteiger partial charge >= 0.3 is 0 Å². The van der Waals surface area contributed by atoms with Crippen LogP contribution in [0.2, 0.25) is 0 Å². The highest BCUT2D eigenvalue weighted by Gasteiger charge is 2.35.